The van der Waals surface area contributed by atoms with Crippen LogP contribution in [-0.4, -0.2) is 122 Å². The third-order valence-corrected chi connectivity index (χ3v) is 12.3. The molecule has 300 valence electrons. The molecule has 7 heterocycles. The average Bonchev–Trinajstić information content (AvgIpc) is 4.04. The summed E-state index contributed by atoms with van der Waals surface area (Å²) in [6.07, 6.45) is 11.6. The fourth-order valence-electron chi connectivity index (χ4n) is 9.14. The van der Waals surface area contributed by atoms with Crippen molar-refractivity contribution in [3.05, 3.63) is 94.4 Å². The normalized spacial score (nSPS) is 29.5. The monoisotopic (exact) mass is 783 g/mol. The highest BCUT2D eigenvalue weighted by molar-refractivity contribution is 6.12. The molecule has 1 aromatic carbocycles. The van der Waals surface area contributed by atoms with Crippen LogP contribution in [0.5, 0.6) is 5.75 Å². The number of aliphatic imine (C=N–C) groups is 2. The Hall–Kier alpha value is -4.94. The Bertz CT molecular complexity index is 2260. The predicted octanol–water partition coefficient (Wildman–Crippen LogP) is 0.839. The molecular weight excluding hydrogens is 738 g/mol. The summed E-state index contributed by atoms with van der Waals surface area (Å²) in [5, 5.41) is 57.9. The lowest BCUT2D eigenvalue weighted by atomic mass is 9.71. The van der Waals surface area contributed by atoms with Gasteiger partial charge in [0.25, 0.3) is 0 Å². The molecule has 2 aromatic rings. The van der Waals surface area contributed by atoms with Gasteiger partial charge in [0.2, 0.25) is 5.91 Å². The highest BCUT2D eigenvalue weighted by Crippen LogP contribution is 2.51. The lowest BCUT2D eigenvalue weighted by Gasteiger charge is -2.48. The van der Waals surface area contributed by atoms with Crippen molar-refractivity contribution in [3.63, 3.8) is 0 Å². The maximum absolute atomic E-state index is 13.5. The fraction of sp³-hybridized carbons (Fsp3) is 0.463. The lowest BCUT2D eigenvalue weighted by Crippen LogP contribution is -2.64. The van der Waals surface area contributed by atoms with Crippen LogP contribution in [0.3, 0.4) is 0 Å². The van der Waals surface area contributed by atoms with E-state index < -0.39 is 48.8 Å². The van der Waals surface area contributed by atoms with Crippen LogP contribution in [0.2, 0.25) is 0 Å². The Balaban J connectivity index is 1.05. The highest BCUT2D eigenvalue weighted by Gasteiger charge is 2.53. The minimum absolute atomic E-state index is 0.0119. The zero-order chi connectivity index (χ0) is 39.6. The van der Waals surface area contributed by atoms with Crippen molar-refractivity contribution in [2.24, 2.45) is 21.8 Å². The molecule has 1 amide bonds. The van der Waals surface area contributed by atoms with Gasteiger partial charge in [-0.2, -0.15) is 0 Å². The summed E-state index contributed by atoms with van der Waals surface area (Å²) in [6, 6.07) is 2.85. The minimum atomic E-state index is -2.41. The molecule has 1 aliphatic carbocycles. The topological polar surface area (TPSA) is 219 Å². The van der Waals surface area contributed by atoms with E-state index in [4.69, 9.17) is 18.9 Å². The van der Waals surface area contributed by atoms with E-state index in [1.54, 1.807) is 48.6 Å². The number of carbonyl (C=O) groups excluding carboxylic acids is 1. The Morgan fingerprint density at radius 3 is 2.77 bits per heavy atom. The molecule has 0 saturated carbocycles. The zero-order valence-electron chi connectivity index (χ0n) is 31.2. The smallest absolute Gasteiger partial charge is 0.220 e. The maximum Gasteiger partial charge on any atom is 0.220 e. The molecule has 1 fully saturated rings. The number of aliphatic hydroxyl groups is 5. The molecule has 9 rings (SSSR count). The number of β-amino-alcohol motifs (C(OH)–C–C–N with tert-alkyl or cyclic N) is 1. The van der Waals surface area contributed by atoms with E-state index in [2.05, 4.69) is 21.4 Å². The molecule has 7 aliphatic rings. The van der Waals surface area contributed by atoms with Gasteiger partial charge in [0, 0.05) is 67.8 Å². The van der Waals surface area contributed by atoms with Crippen molar-refractivity contribution in [3.8, 4) is 5.75 Å². The first-order valence-corrected chi connectivity index (χ1v) is 19.2. The quantitative estimate of drug-likeness (QED) is 0.100. The molecule has 9 unspecified atom stereocenters. The fourth-order valence-corrected chi connectivity index (χ4v) is 9.14. The number of allylic oxidation sites excluding steroid dienone is 2. The number of carbonyl (C=O) groups is 1. The summed E-state index contributed by atoms with van der Waals surface area (Å²) < 4.78 is 13.5. The molecule has 9 atom stereocenters. The second kappa shape index (κ2) is 14.5. The Labute approximate surface area is 327 Å². The molecule has 0 bridgehead atoms. The number of fused-ring (bicyclic) bond motifs is 4. The first-order chi connectivity index (χ1) is 27.5. The number of nitrogens with one attached hydrogen (secondary N) is 1. The third-order valence-electron chi connectivity index (χ3n) is 12.3. The van der Waals surface area contributed by atoms with Gasteiger partial charge in [-0.1, -0.05) is 12.2 Å². The molecule has 1 saturated heterocycles. The Kier molecular flexibility index (Phi) is 9.55. The van der Waals surface area contributed by atoms with Crippen molar-refractivity contribution in [1.82, 2.24) is 10.2 Å². The van der Waals surface area contributed by atoms with Crippen LogP contribution >= 0.6 is 0 Å². The first kappa shape index (κ1) is 37.6. The van der Waals surface area contributed by atoms with Gasteiger partial charge in [-0.05, 0) is 49.5 Å². The summed E-state index contributed by atoms with van der Waals surface area (Å²) in [6.45, 7) is 0.807. The number of hydrogen-bond donors (Lipinski definition) is 6. The van der Waals surface area contributed by atoms with Gasteiger partial charge < -0.3 is 49.8 Å². The van der Waals surface area contributed by atoms with Gasteiger partial charge in [-0.3, -0.25) is 19.6 Å². The standard InChI is InChI=1S/C41H45N5O11/c1-22-11-31(48)27-12-25-13-34(57-54-20-33(50)41(53,39(52)32(49)19-47)21-45-10-6-28-30(45)5-9-42-28)40(7-2-3-23(15-40)26-14-35(51)44-16-26)56-37(25)36(38(27)55-22)46-17-24-4-8-43-29(24)18-46/h2-6,8-12,17,23,26,30,32-34,39,47,49-50,52-53H,7,13-16,18-21H2,1H3,(H,44,51). The first-order valence-electron chi connectivity index (χ1n) is 19.2. The third kappa shape index (κ3) is 6.54. The number of aryl methyl sites for hydroxylation is 1. The number of rotatable bonds is 12. The SMILES string of the molecule is Cc1cc(=O)c2cc3c(c(N4C=C5C=CN=C5C4)c2o1)OC1(CC=CC(C2CNC(=O)C2)C1)C(OOCC(O)C(O)(CN1C=CC2=NC=CC21)C(O)C(O)CO)C3. The van der Waals surface area contributed by atoms with Crippen LogP contribution in [0, 0.1) is 18.8 Å². The Morgan fingerprint density at radius 2 is 1.98 bits per heavy atom. The predicted molar refractivity (Wildman–Crippen MR) is 206 cm³/mol. The summed E-state index contributed by atoms with van der Waals surface area (Å²) in [4.78, 5) is 50.2. The minimum Gasteiger partial charge on any atom is -0.481 e. The van der Waals surface area contributed by atoms with Crippen molar-refractivity contribution >= 4 is 34.0 Å². The number of aliphatic hydroxyl groups excluding tert-OH is 4. The van der Waals surface area contributed by atoms with E-state index in [1.165, 1.54) is 6.07 Å². The summed E-state index contributed by atoms with van der Waals surface area (Å²) in [7, 11) is 0. The van der Waals surface area contributed by atoms with Crippen LogP contribution in [-0.2, 0) is 21.0 Å². The van der Waals surface area contributed by atoms with E-state index in [-0.39, 0.29) is 42.2 Å². The summed E-state index contributed by atoms with van der Waals surface area (Å²) in [5.41, 5.74) is 0.459. The summed E-state index contributed by atoms with van der Waals surface area (Å²) >= 11 is 0. The maximum atomic E-state index is 13.5. The average molecular weight is 784 g/mol. The van der Waals surface area contributed by atoms with E-state index in [1.807, 2.05) is 23.3 Å². The summed E-state index contributed by atoms with van der Waals surface area (Å²) in [5.74, 6) is 0.888. The van der Waals surface area contributed by atoms with Crippen LogP contribution in [0.4, 0.5) is 5.69 Å². The van der Waals surface area contributed by atoms with Gasteiger partial charge in [-0.25, -0.2) is 9.78 Å². The largest absolute Gasteiger partial charge is 0.481 e. The zero-order valence-corrected chi connectivity index (χ0v) is 31.2. The molecule has 57 heavy (non-hydrogen) atoms. The van der Waals surface area contributed by atoms with Crippen molar-refractivity contribution in [2.45, 2.75) is 74.3 Å². The van der Waals surface area contributed by atoms with Gasteiger partial charge in [0.15, 0.2) is 16.8 Å². The number of anilines is 1. The number of amides is 1. The van der Waals surface area contributed by atoms with Gasteiger partial charge in [-0.15, -0.1) is 0 Å². The molecule has 1 aromatic heterocycles. The second-order valence-corrected chi connectivity index (χ2v) is 16.0. The Morgan fingerprint density at radius 1 is 1.12 bits per heavy atom. The van der Waals surface area contributed by atoms with Crippen molar-refractivity contribution < 1.29 is 49.3 Å². The van der Waals surface area contributed by atoms with Crippen LogP contribution < -0.4 is 20.4 Å². The second-order valence-electron chi connectivity index (χ2n) is 16.0. The van der Waals surface area contributed by atoms with Crippen molar-refractivity contribution in [1.29, 1.82) is 0 Å². The molecule has 6 aliphatic heterocycles. The van der Waals surface area contributed by atoms with Crippen LogP contribution in [0.25, 0.3) is 11.0 Å². The lowest BCUT2D eigenvalue weighted by molar-refractivity contribution is -0.367. The van der Waals surface area contributed by atoms with Gasteiger partial charge in [0.1, 0.15) is 53.7 Å². The van der Waals surface area contributed by atoms with Crippen molar-refractivity contribution in [2.75, 3.05) is 37.7 Å². The molecule has 16 nitrogen and oxygen atoms in total. The van der Waals surface area contributed by atoms with Gasteiger partial charge in [0.05, 0.1) is 42.5 Å². The number of nitrogens with zero attached hydrogens (tertiary/aromatic N) is 4. The van der Waals surface area contributed by atoms with Gasteiger partial charge >= 0.3 is 0 Å². The van der Waals surface area contributed by atoms with Crippen LogP contribution in [0.1, 0.15) is 30.6 Å². The van der Waals surface area contributed by atoms with E-state index >= 15 is 0 Å². The molecule has 0 radical (unpaired) electrons. The van der Waals surface area contributed by atoms with E-state index in [0.29, 0.717) is 71.8 Å². The van der Waals surface area contributed by atoms with Crippen LogP contribution in [0.15, 0.2) is 92.1 Å². The number of benzene rings is 1. The number of ether oxygens (including phenoxy) is 1. The number of hydrogen-bond acceptors (Lipinski definition) is 15. The molecular formula is C41H45N5O11. The molecule has 1 spiro atoms. The molecule has 6 N–H and O–H groups in total. The van der Waals surface area contributed by atoms with E-state index in [0.717, 1.165) is 11.3 Å². The molecule has 16 heteroatoms. The highest BCUT2D eigenvalue weighted by atomic mass is 17.2. The van der Waals surface area contributed by atoms with E-state index in [9.17, 15) is 35.1 Å².